The Bertz CT molecular complexity index is 2490. The van der Waals surface area contributed by atoms with E-state index in [4.69, 9.17) is 0 Å². The number of fused-ring (bicyclic) bond motifs is 3. The molecule has 0 aliphatic heterocycles. The summed E-state index contributed by atoms with van der Waals surface area (Å²) in [6.07, 6.45) is 24.9. The van der Waals surface area contributed by atoms with E-state index in [9.17, 15) is 0 Å². The number of anilines is 3. The monoisotopic (exact) mass is 749 g/mol. The van der Waals surface area contributed by atoms with Gasteiger partial charge in [0.25, 0.3) is 0 Å². The molecular weight excluding hydrogens is 695 g/mol. The quantitative estimate of drug-likeness (QED) is 0.164. The summed E-state index contributed by atoms with van der Waals surface area (Å²) in [6, 6.07) is 37.8. The van der Waals surface area contributed by atoms with Crippen LogP contribution in [0.3, 0.4) is 0 Å². The van der Waals surface area contributed by atoms with Crippen LogP contribution in [-0.4, -0.2) is 0 Å². The van der Waals surface area contributed by atoms with Gasteiger partial charge >= 0.3 is 0 Å². The zero-order valence-electron chi connectivity index (χ0n) is 34.0. The summed E-state index contributed by atoms with van der Waals surface area (Å²) in [4.78, 5) is 3.78. The molecule has 0 saturated carbocycles. The van der Waals surface area contributed by atoms with Crippen molar-refractivity contribution in [3.05, 3.63) is 203 Å². The van der Waals surface area contributed by atoms with E-state index < -0.39 is 0 Å². The van der Waals surface area contributed by atoms with Gasteiger partial charge in [0.15, 0.2) is 0 Å². The van der Waals surface area contributed by atoms with Crippen molar-refractivity contribution in [2.24, 2.45) is 0 Å². The number of nitrogens with zero attached hydrogens (tertiary/aromatic N) is 1. The fourth-order valence-electron chi connectivity index (χ4n) is 7.62. The summed E-state index contributed by atoms with van der Waals surface area (Å²) in [7, 11) is 0. The van der Waals surface area contributed by atoms with Gasteiger partial charge < -0.3 is 4.90 Å². The van der Waals surface area contributed by atoms with Crippen molar-refractivity contribution in [3.8, 4) is 0 Å². The molecule has 2 aliphatic rings. The highest BCUT2D eigenvalue weighted by molar-refractivity contribution is 7.19. The lowest BCUT2D eigenvalue weighted by Gasteiger charge is -2.32. The molecule has 5 aromatic carbocycles. The van der Waals surface area contributed by atoms with Crippen molar-refractivity contribution in [2.45, 2.75) is 66.2 Å². The van der Waals surface area contributed by atoms with Gasteiger partial charge in [0.1, 0.15) is 0 Å². The fraction of sp³-hybridized carbons (Fsp3) is 0.185. The van der Waals surface area contributed by atoms with Crippen LogP contribution in [0.5, 0.6) is 0 Å². The number of hydrogen-bond donors (Lipinski definition) is 0. The highest BCUT2D eigenvalue weighted by Gasteiger charge is 2.28. The van der Waals surface area contributed by atoms with E-state index in [2.05, 4.69) is 204 Å². The number of hydrogen-bond acceptors (Lipinski definition) is 2. The Morgan fingerprint density at radius 1 is 0.750 bits per heavy atom. The predicted molar refractivity (Wildman–Crippen MR) is 252 cm³/mol. The van der Waals surface area contributed by atoms with E-state index in [0.29, 0.717) is 0 Å². The molecule has 2 aliphatic carbocycles. The van der Waals surface area contributed by atoms with E-state index >= 15 is 0 Å². The highest BCUT2D eigenvalue weighted by Crippen LogP contribution is 2.44. The Balaban J connectivity index is 0.000000320. The molecule has 1 aromatic heterocycles. The normalized spacial score (nSPS) is 15.6. The number of allylic oxidation sites excluding steroid dienone is 10. The summed E-state index contributed by atoms with van der Waals surface area (Å²) in [6.45, 7) is 21.1. The van der Waals surface area contributed by atoms with Crippen molar-refractivity contribution < 1.29 is 0 Å². The van der Waals surface area contributed by atoms with Crippen LogP contribution in [0.15, 0.2) is 170 Å². The number of aryl methyl sites for hydroxylation is 1. The Hall–Kier alpha value is -5.70. The van der Waals surface area contributed by atoms with Gasteiger partial charge in [-0.15, -0.1) is 11.3 Å². The summed E-state index contributed by atoms with van der Waals surface area (Å²) in [5.74, 6) is 0. The van der Waals surface area contributed by atoms with E-state index in [1.807, 2.05) is 31.3 Å². The first-order valence-corrected chi connectivity index (χ1v) is 20.8. The van der Waals surface area contributed by atoms with Gasteiger partial charge in [-0.2, -0.15) is 0 Å². The van der Waals surface area contributed by atoms with Crippen LogP contribution in [0.25, 0.3) is 38.6 Å². The molecule has 56 heavy (non-hydrogen) atoms. The molecule has 0 saturated heterocycles. The van der Waals surface area contributed by atoms with E-state index in [1.165, 1.54) is 64.8 Å². The molecule has 282 valence electrons. The van der Waals surface area contributed by atoms with Crippen LogP contribution in [0.2, 0.25) is 0 Å². The third-order valence-electron chi connectivity index (χ3n) is 10.7. The molecule has 0 amide bonds. The van der Waals surface area contributed by atoms with E-state index in [1.54, 1.807) is 0 Å². The molecule has 0 atom stereocenters. The van der Waals surface area contributed by atoms with Gasteiger partial charge in [-0.05, 0) is 119 Å². The first kappa shape index (κ1) is 40.0. The van der Waals surface area contributed by atoms with Crippen LogP contribution >= 0.6 is 11.3 Å². The van der Waals surface area contributed by atoms with Crippen LogP contribution in [0, 0.1) is 6.92 Å². The average Bonchev–Trinajstić information content (AvgIpc) is 3.59. The first-order chi connectivity index (χ1) is 27.3. The van der Waals surface area contributed by atoms with Gasteiger partial charge in [0, 0.05) is 31.8 Å². The second-order valence-electron chi connectivity index (χ2n) is 14.5. The Morgan fingerprint density at radius 2 is 1.46 bits per heavy atom. The third kappa shape index (κ3) is 8.42. The van der Waals surface area contributed by atoms with Gasteiger partial charge in [-0.3, -0.25) is 0 Å². The van der Waals surface area contributed by atoms with E-state index in [-0.39, 0.29) is 5.41 Å². The third-order valence-corrected chi connectivity index (χ3v) is 11.8. The Morgan fingerprint density at radius 3 is 2.18 bits per heavy atom. The van der Waals surface area contributed by atoms with Crippen molar-refractivity contribution in [2.75, 3.05) is 4.90 Å². The maximum atomic E-state index is 4.47. The molecule has 0 spiro atoms. The molecule has 0 bridgehead atoms. The lowest BCUT2D eigenvalue weighted by Crippen LogP contribution is -2.22. The van der Waals surface area contributed by atoms with Crippen molar-refractivity contribution >= 4 is 67.0 Å². The van der Waals surface area contributed by atoms with Crippen LogP contribution in [0.1, 0.15) is 80.2 Å². The number of benzene rings is 5. The minimum Gasteiger partial charge on any atom is -0.310 e. The molecular formula is C54H55NS. The van der Waals surface area contributed by atoms with Crippen molar-refractivity contribution in [1.29, 1.82) is 0 Å². The van der Waals surface area contributed by atoms with Gasteiger partial charge in [-0.25, -0.2) is 0 Å². The molecule has 6 aromatic rings. The average molecular weight is 750 g/mol. The number of rotatable bonds is 6. The molecule has 1 heterocycles. The highest BCUT2D eigenvalue weighted by atomic mass is 32.1. The molecule has 0 fully saturated rings. The van der Waals surface area contributed by atoms with Crippen LogP contribution < -0.4 is 4.90 Å². The molecule has 8 rings (SSSR count). The first-order valence-electron chi connectivity index (χ1n) is 20.0. The van der Waals surface area contributed by atoms with Gasteiger partial charge in [-0.1, -0.05) is 168 Å². The van der Waals surface area contributed by atoms with Crippen LogP contribution in [0.4, 0.5) is 17.1 Å². The van der Waals surface area contributed by atoms with E-state index in [0.717, 1.165) is 36.2 Å². The molecule has 1 nitrogen and oxygen atoms in total. The van der Waals surface area contributed by atoms with Crippen molar-refractivity contribution in [3.63, 3.8) is 0 Å². The lowest BCUT2D eigenvalue weighted by molar-refractivity contribution is 0.635. The summed E-state index contributed by atoms with van der Waals surface area (Å²) in [5.41, 5.74) is 12.1. The Kier molecular flexibility index (Phi) is 13.1. The predicted octanol–water partition coefficient (Wildman–Crippen LogP) is 16.5. The molecule has 0 N–H and O–H groups in total. The fourth-order valence-corrected chi connectivity index (χ4v) is 8.68. The second-order valence-corrected chi connectivity index (χ2v) is 15.8. The van der Waals surface area contributed by atoms with Gasteiger partial charge in [0.2, 0.25) is 0 Å². The lowest BCUT2D eigenvalue weighted by atomic mass is 9.75. The summed E-state index contributed by atoms with van der Waals surface area (Å²) in [5, 5.41) is 3.81. The summed E-state index contributed by atoms with van der Waals surface area (Å²) >= 11 is 1.83. The largest absolute Gasteiger partial charge is 0.310 e. The standard InChI is InChI=1S/C41H39N.C11H10S.C2H6/c1-5-14-33-24-28-40(38-20-13-12-19-37(33)38)42(35-25-21-32(22-26-35)31-16-9-7-10-17-31)36-27-23-34-18-11-6-8-15-30(2)41(3,4)39(34)29-36;1-3-9-8(2)12-11-7-5-4-6-10(9)11;1-2/h5-6,8-9,11-17,19-29H,2,7,10,18H2,1,3-4H3;3-7H,1H2,2H3;1-2H3/b11-6-,14-5+,15-8-;;. The van der Waals surface area contributed by atoms with Crippen LogP contribution in [-0.2, 0) is 11.8 Å². The minimum absolute atomic E-state index is 0.207. The smallest absolute Gasteiger partial charge is 0.0540 e. The molecule has 2 heteroatoms. The zero-order valence-corrected chi connectivity index (χ0v) is 34.8. The van der Waals surface area contributed by atoms with Gasteiger partial charge in [0.05, 0.1) is 5.69 Å². The maximum absolute atomic E-state index is 4.47. The topological polar surface area (TPSA) is 3.24 Å². The number of thiophene rings is 1. The second kappa shape index (κ2) is 18.3. The summed E-state index contributed by atoms with van der Waals surface area (Å²) < 4.78 is 1.35. The molecule has 0 unspecified atom stereocenters. The maximum Gasteiger partial charge on any atom is 0.0540 e. The molecule has 0 radical (unpaired) electrons. The SMILES string of the molecule is C=C1/C=C\C=C/Cc2ccc(N(c3ccc(C4=CCCC=C4)cc3)c3ccc(/C=C/C)c4ccccc34)cc2C1(C)C.C=Cc1c(C)sc2ccccc12.CC. The van der Waals surface area contributed by atoms with Crippen molar-refractivity contribution in [1.82, 2.24) is 0 Å². The zero-order chi connectivity index (χ0) is 39.7. The Labute approximate surface area is 339 Å². The minimum atomic E-state index is -0.207.